The van der Waals surface area contributed by atoms with Crippen LogP contribution in [0.5, 0.6) is 5.75 Å². The molecule has 34 heavy (non-hydrogen) atoms. The first-order valence-electron chi connectivity index (χ1n) is 10.0. The number of ether oxygens (including phenoxy) is 1. The average molecular weight is 522 g/mol. The number of para-hydroxylation sites is 2. The van der Waals surface area contributed by atoms with Gasteiger partial charge in [0.2, 0.25) is 21.1 Å². The fourth-order valence-corrected chi connectivity index (χ4v) is 5.09. The number of benzene rings is 2. The number of amides is 2. The number of nitrogens with one attached hydrogen (secondary N) is 2. The molecule has 0 aliphatic rings. The SMILES string of the molecule is CCOc1ccccc1NC(=O)CSc1nnc(NC(=O)c2ccc(S(=O)(=O)N(C)C)cc2)s1. The number of anilines is 2. The van der Waals surface area contributed by atoms with Gasteiger partial charge in [0.15, 0.2) is 4.34 Å². The van der Waals surface area contributed by atoms with Gasteiger partial charge in [-0.3, -0.25) is 14.9 Å². The Morgan fingerprint density at radius 3 is 2.44 bits per heavy atom. The molecule has 13 heteroatoms. The van der Waals surface area contributed by atoms with Gasteiger partial charge in [-0.2, -0.15) is 0 Å². The summed E-state index contributed by atoms with van der Waals surface area (Å²) < 4.78 is 31.4. The zero-order chi connectivity index (χ0) is 24.7. The molecule has 2 aromatic carbocycles. The molecule has 0 atom stereocenters. The third-order valence-corrected chi connectivity index (χ3v) is 8.11. The smallest absolute Gasteiger partial charge is 0.257 e. The summed E-state index contributed by atoms with van der Waals surface area (Å²) in [6.45, 7) is 2.35. The van der Waals surface area contributed by atoms with E-state index in [1.54, 1.807) is 18.2 Å². The van der Waals surface area contributed by atoms with Crippen molar-refractivity contribution >= 4 is 55.8 Å². The van der Waals surface area contributed by atoms with Crippen molar-refractivity contribution in [2.45, 2.75) is 16.2 Å². The summed E-state index contributed by atoms with van der Waals surface area (Å²) in [6.07, 6.45) is 0. The number of thioether (sulfide) groups is 1. The lowest BCUT2D eigenvalue weighted by Gasteiger charge is -2.11. The van der Waals surface area contributed by atoms with E-state index in [1.165, 1.54) is 50.1 Å². The largest absolute Gasteiger partial charge is 0.492 e. The topological polar surface area (TPSA) is 131 Å². The average Bonchev–Trinajstić information content (AvgIpc) is 3.26. The molecule has 2 N–H and O–H groups in total. The molecule has 0 aliphatic carbocycles. The van der Waals surface area contributed by atoms with Crippen molar-refractivity contribution < 1.29 is 22.7 Å². The summed E-state index contributed by atoms with van der Waals surface area (Å²) in [5.41, 5.74) is 0.860. The Balaban J connectivity index is 1.54. The van der Waals surface area contributed by atoms with Crippen molar-refractivity contribution in [1.82, 2.24) is 14.5 Å². The summed E-state index contributed by atoms with van der Waals surface area (Å²) in [5.74, 6) is 0.0132. The Morgan fingerprint density at radius 1 is 1.06 bits per heavy atom. The molecule has 2 amide bonds. The van der Waals surface area contributed by atoms with Crippen LogP contribution in [-0.2, 0) is 14.8 Å². The van der Waals surface area contributed by atoms with Gasteiger partial charge in [0.25, 0.3) is 5.91 Å². The fraction of sp³-hybridized carbons (Fsp3) is 0.238. The van der Waals surface area contributed by atoms with Crippen LogP contribution >= 0.6 is 23.1 Å². The van der Waals surface area contributed by atoms with Gasteiger partial charge in [-0.1, -0.05) is 35.2 Å². The number of carbonyl (C=O) groups excluding carboxylic acids is 2. The Morgan fingerprint density at radius 2 is 1.76 bits per heavy atom. The Kier molecular flexibility index (Phi) is 8.61. The van der Waals surface area contributed by atoms with E-state index in [-0.39, 0.29) is 27.3 Å². The van der Waals surface area contributed by atoms with Gasteiger partial charge >= 0.3 is 0 Å². The maximum absolute atomic E-state index is 12.5. The number of sulfonamides is 1. The minimum Gasteiger partial charge on any atom is -0.492 e. The second-order valence-corrected chi connectivity index (χ2v) is 11.3. The molecule has 0 saturated carbocycles. The summed E-state index contributed by atoms with van der Waals surface area (Å²) in [5, 5.41) is 13.6. The molecule has 0 bridgehead atoms. The highest BCUT2D eigenvalue weighted by molar-refractivity contribution is 8.01. The normalized spacial score (nSPS) is 11.3. The van der Waals surface area contributed by atoms with Crippen molar-refractivity contribution in [3.8, 4) is 5.75 Å². The van der Waals surface area contributed by atoms with Crippen LogP contribution in [0.4, 0.5) is 10.8 Å². The van der Waals surface area contributed by atoms with E-state index in [0.717, 1.165) is 15.6 Å². The van der Waals surface area contributed by atoms with Crippen LogP contribution in [0.15, 0.2) is 57.8 Å². The minimum atomic E-state index is -3.57. The maximum Gasteiger partial charge on any atom is 0.257 e. The van der Waals surface area contributed by atoms with E-state index in [4.69, 9.17) is 4.74 Å². The second-order valence-electron chi connectivity index (χ2n) is 6.91. The van der Waals surface area contributed by atoms with E-state index in [9.17, 15) is 18.0 Å². The maximum atomic E-state index is 12.5. The fourth-order valence-electron chi connectivity index (χ4n) is 2.64. The van der Waals surface area contributed by atoms with Gasteiger partial charge in [-0.15, -0.1) is 10.2 Å². The summed E-state index contributed by atoms with van der Waals surface area (Å²) >= 11 is 2.32. The van der Waals surface area contributed by atoms with Gasteiger partial charge < -0.3 is 10.1 Å². The predicted octanol–water partition coefficient (Wildman–Crippen LogP) is 3.17. The van der Waals surface area contributed by atoms with Crippen molar-refractivity contribution in [3.05, 3.63) is 54.1 Å². The zero-order valence-electron chi connectivity index (χ0n) is 18.6. The van der Waals surface area contributed by atoms with Crippen LogP contribution in [-0.4, -0.2) is 61.2 Å². The van der Waals surface area contributed by atoms with Crippen LogP contribution in [0.25, 0.3) is 0 Å². The molecule has 3 rings (SSSR count). The Labute approximate surface area is 205 Å². The number of carbonyl (C=O) groups is 2. The number of aromatic nitrogens is 2. The molecule has 0 spiro atoms. The van der Waals surface area contributed by atoms with Crippen molar-refractivity contribution in [2.75, 3.05) is 37.1 Å². The molecule has 0 aliphatic heterocycles. The highest BCUT2D eigenvalue weighted by Gasteiger charge is 2.18. The van der Waals surface area contributed by atoms with Crippen molar-refractivity contribution in [1.29, 1.82) is 0 Å². The lowest BCUT2D eigenvalue weighted by Crippen LogP contribution is -2.22. The molecule has 0 radical (unpaired) electrons. The highest BCUT2D eigenvalue weighted by atomic mass is 32.2. The van der Waals surface area contributed by atoms with Gasteiger partial charge in [0.05, 0.1) is 22.9 Å². The van der Waals surface area contributed by atoms with E-state index in [0.29, 0.717) is 22.4 Å². The van der Waals surface area contributed by atoms with Gasteiger partial charge in [0, 0.05) is 19.7 Å². The summed E-state index contributed by atoms with van der Waals surface area (Å²) in [7, 11) is -0.705. The first kappa shape index (κ1) is 25.6. The standard InChI is InChI=1S/C21H23N5O5S3/c1-4-31-17-8-6-5-7-16(17)22-18(27)13-32-21-25-24-20(33-21)23-19(28)14-9-11-15(12-10-14)34(29,30)26(2)3/h5-12H,4,13H2,1-3H3,(H,22,27)(H,23,24,28). The molecular formula is C21H23N5O5S3. The zero-order valence-corrected chi connectivity index (χ0v) is 21.1. The molecule has 1 aromatic heterocycles. The van der Waals surface area contributed by atoms with Crippen LogP contribution in [0.3, 0.4) is 0 Å². The van der Waals surface area contributed by atoms with Gasteiger partial charge in [-0.05, 0) is 43.3 Å². The van der Waals surface area contributed by atoms with Gasteiger partial charge in [0.1, 0.15) is 5.75 Å². The summed E-state index contributed by atoms with van der Waals surface area (Å²) in [4.78, 5) is 24.9. The third-order valence-electron chi connectivity index (χ3n) is 4.31. The molecule has 0 unspecified atom stereocenters. The quantitative estimate of drug-likeness (QED) is 0.307. The number of rotatable bonds is 10. The van der Waals surface area contributed by atoms with Crippen LogP contribution < -0.4 is 15.4 Å². The van der Waals surface area contributed by atoms with Gasteiger partial charge in [-0.25, -0.2) is 12.7 Å². The molecule has 0 saturated heterocycles. The van der Waals surface area contributed by atoms with E-state index >= 15 is 0 Å². The molecule has 3 aromatic rings. The summed E-state index contributed by atoms with van der Waals surface area (Å²) in [6, 6.07) is 12.8. The Hall–Kier alpha value is -3.00. The van der Waals surface area contributed by atoms with Crippen molar-refractivity contribution in [3.63, 3.8) is 0 Å². The molecule has 1 heterocycles. The number of hydrogen-bond donors (Lipinski definition) is 2. The molecular weight excluding hydrogens is 498 g/mol. The van der Waals surface area contributed by atoms with E-state index < -0.39 is 15.9 Å². The lowest BCUT2D eigenvalue weighted by atomic mass is 10.2. The number of hydrogen-bond acceptors (Lipinski definition) is 9. The predicted molar refractivity (Wildman–Crippen MR) is 132 cm³/mol. The monoisotopic (exact) mass is 521 g/mol. The molecule has 10 nitrogen and oxygen atoms in total. The van der Waals surface area contributed by atoms with Crippen LogP contribution in [0.2, 0.25) is 0 Å². The lowest BCUT2D eigenvalue weighted by molar-refractivity contribution is -0.113. The number of nitrogens with zero attached hydrogens (tertiary/aromatic N) is 3. The molecule has 180 valence electrons. The van der Waals surface area contributed by atoms with Crippen LogP contribution in [0.1, 0.15) is 17.3 Å². The van der Waals surface area contributed by atoms with E-state index in [1.807, 2.05) is 13.0 Å². The van der Waals surface area contributed by atoms with Crippen molar-refractivity contribution in [2.24, 2.45) is 0 Å². The molecule has 0 fully saturated rings. The third kappa shape index (κ3) is 6.53. The highest BCUT2D eigenvalue weighted by Crippen LogP contribution is 2.27. The van der Waals surface area contributed by atoms with Crippen LogP contribution in [0, 0.1) is 0 Å². The van der Waals surface area contributed by atoms with E-state index in [2.05, 4.69) is 20.8 Å². The Bertz CT molecular complexity index is 1260. The first-order valence-corrected chi connectivity index (χ1v) is 13.3. The minimum absolute atomic E-state index is 0.0887. The first-order chi connectivity index (χ1) is 16.2. The second kappa shape index (κ2) is 11.4.